The van der Waals surface area contributed by atoms with Crippen molar-refractivity contribution in [2.45, 2.75) is 25.0 Å². The summed E-state index contributed by atoms with van der Waals surface area (Å²) < 4.78 is 24.4. The Hall–Kier alpha value is -3.35. The van der Waals surface area contributed by atoms with E-state index in [1.54, 1.807) is 0 Å². The van der Waals surface area contributed by atoms with E-state index in [0.29, 0.717) is 17.1 Å². The first-order valence-corrected chi connectivity index (χ1v) is 12.7. The second-order valence-corrected chi connectivity index (χ2v) is 9.60. The van der Waals surface area contributed by atoms with Crippen LogP contribution in [0.15, 0.2) is 36.5 Å². The number of benzene rings is 1. The number of piperazine rings is 1. The van der Waals surface area contributed by atoms with Crippen molar-refractivity contribution < 1.29 is 17.9 Å². The number of carbonyl (C=O) groups excluding carboxylic acids is 1. The summed E-state index contributed by atoms with van der Waals surface area (Å²) in [6, 6.07) is 9.53. The van der Waals surface area contributed by atoms with Gasteiger partial charge in [0, 0.05) is 56.7 Å². The van der Waals surface area contributed by atoms with Crippen LogP contribution in [0.3, 0.4) is 0 Å². The van der Waals surface area contributed by atoms with Gasteiger partial charge in [-0.15, -0.1) is 5.10 Å². The number of amides is 1. The molecule has 2 aromatic heterocycles. The third-order valence-electron chi connectivity index (χ3n) is 6.99. The third kappa shape index (κ3) is 4.97. The number of nitrogens with two attached hydrogens (primary N) is 1. The number of nitrogens with zero attached hydrogens (tertiary/aromatic N) is 6. The quantitative estimate of drug-likeness (QED) is 0.514. The summed E-state index contributed by atoms with van der Waals surface area (Å²) in [6.07, 6.45) is 4.49. The summed E-state index contributed by atoms with van der Waals surface area (Å²) in [5, 5.41) is 4.77. The van der Waals surface area contributed by atoms with E-state index < -0.39 is 11.6 Å². The molecule has 0 radical (unpaired) electrons. The highest BCUT2D eigenvalue weighted by Crippen LogP contribution is 2.32. The van der Waals surface area contributed by atoms with Crippen LogP contribution in [0.5, 0.6) is 0 Å². The molecule has 1 amide bonds. The SMILES string of the molecule is CN1CCN(C(=O)c2cc3c(N4CC5CCC(C4)O5)nc(-c4ccc(N)cc4)nn3c2)CC1.O=S=O. The van der Waals surface area contributed by atoms with E-state index in [2.05, 4.69) is 16.8 Å². The van der Waals surface area contributed by atoms with E-state index >= 15 is 0 Å². The Labute approximate surface area is 212 Å². The molecular weight excluding hydrogens is 482 g/mol. The Kier molecular flexibility index (Phi) is 6.99. The number of hydrogen-bond donors (Lipinski definition) is 1. The minimum absolute atomic E-state index is 0.0515. The summed E-state index contributed by atoms with van der Waals surface area (Å²) in [7, 11) is 2.09. The minimum Gasteiger partial charge on any atom is -0.399 e. The van der Waals surface area contributed by atoms with Crippen LogP contribution in [0.4, 0.5) is 11.5 Å². The molecule has 3 saturated heterocycles. The average Bonchev–Trinajstić information content (AvgIpc) is 3.46. The van der Waals surface area contributed by atoms with Gasteiger partial charge in [-0.1, -0.05) is 0 Å². The van der Waals surface area contributed by atoms with Gasteiger partial charge in [-0.3, -0.25) is 4.79 Å². The van der Waals surface area contributed by atoms with Crippen molar-refractivity contribution >= 4 is 34.5 Å². The normalized spacial score (nSPS) is 21.8. The van der Waals surface area contributed by atoms with Gasteiger partial charge in [0.15, 0.2) is 11.6 Å². The number of aromatic nitrogens is 3. The standard InChI is InChI=1S/C24H29N7O2.O2S/c1-28-8-10-29(11-9-28)24(32)17-12-21-23(30-14-19-6-7-20(15-30)33-19)26-22(27-31(21)13-17)16-2-4-18(25)5-3-16;1-3-2/h2-5,12-13,19-20H,6-11,14-15,25H2,1H3;. The Bertz CT molecular complexity index is 1270. The molecule has 2 bridgehead atoms. The summed E-state index contributed by atoms with van der Waals surface area (Å²) in [4.78, 5) is 24.7. The minimum atomic E-state index is -0.750. The van der Waals surface area contributed by atoms with Crippen molar-refractivity contribution in [3.8, 4) is 11.4 Å². The number of ether oxygens (including phenoxy) is 1. The van der Waals surface area contributed by atoms with Crippen LogP contribution in [0, 0.1) is 0 Å². The van der Waals surface area contributed by atoms with Gasteiger partial charge in [0.2, 0.25) is 0 Å². The van der Waals surface area contributed by atoms with E-state index in [0.717, 1.165) is 69.0 Å². The molecule has 0 spiro atoms. The highest BCUT2D eigenvalue weighted by Gasteiger charge is 2.35. The second kappa shape index (κ2) is 10.3. The van der Waals surface area contributed by atoms with Crippen molar-refractivity contribution in [2.24, 2.45) is 0 Å². The predicted octanol–water partition coefficient (Wildman–Crippen LogP) is 1.06. The zero-order valence-electron chi connectivity index (χ0n) is 20.1. The number of hydrogen-bond acceptors (Lipinski definition) is 9. The van der Waals surface area contributed by atoms with E-state index in [1.165, 1.54) is 0 Å². The van der Waals surface area contributed by atoms with Crippen LogP contribution in [-0.4, -0.2) is 97.2 Å². The van der Waals surface area contributed by atoms with Crippen LogP contribution in [-0.2, 0) is 16.3 Å². The van der Waals surface area contributed by atoms with Crippen molar-refractivity contribution in [1.82, 2.24) is 24.4 Å². The van der Waals surface area contributed by atoms with Crippen molar-refractivity contribution in [3.63, 3.8) is 0 Å². The fraction of sp³-hybridized carbons (Fsp3) is 0.458. The molecule has 3 aliphatic heterocycles. The fourth-order valence-corrected chi connectivity index (χ4v) is 5.07. The first-order valence-electron chi connectivity index (χ1n) is 12.0. The number of carbonyl (C=O) groups is 1. The van der Waals surface area contributed by atoms with Gasteiger partial charge in [-0.25, -0.2) is 9.50 Å². The molecule has 1 aromatic carbocycles. The molecule has 3 fully saturated rings. The van der Waals surface area contributed by atoms with Crippen LogP contribution >= 0.6 is 0 Å². The van der Waals surface area contributed by atoms with Gasteiger partial charge in [0.05, 0.1) is 17.8 Å². The molecule has 2 atom stereocenters. The molecular formula is C24H29N7O4S. The summed E-state index contributed by atoms with van der Waals surface area (Å²) in [5.41, 5.74) is 8.98. The zero-order chi connectivity index (χ0) is 25.2. The lowest BCUT2D eigenvalue weighted by molar-refractivity contribution is 0.0303. The topological polar surface area (TPSA) is 126 Å². The lowest BCUT2D eigenvalue weighted by Gasteiger charge is -2.33. The van der Waals surface area contributed by atoms with Crippen molar-refractivity contribution in [3.05, 3.63) is 42.1 Å². The Balaban J connectivity index is 0.000000848. The Morgan fingerprint density at radius 1 is 1.06 bits per heavy atom. The molecule has 2 N–H and O–H groups in total. The van der Waals surface area contributed by atoms with Gasteiger partial charge in [-0.05, 0) is 50.2 Å². The van der Waals surface area contributed by atoms with Gasteiger partial charge in [0.25, 0.3) is 5.91 Å². The Morgan fingerprint density at radius 3 is 2.33 bits per heavy atom. The molecule has 11 nitrogen and oxygen atoms in total. The number of morpholine rings is 1. The summed E-state index contributed by atoms with van der Waals surface area (Å²) in [6.45, 7) is 4.87. The van der Waals surface area contributed by atoms with E-state index in [1.807, 2.05) is 45.9 Å². The second-order valence-electron chi connectivity index (χ2n) is 9.47. The molecule has 0 saturated carbocycles. The van der Waals surface area contributed by atoms with Gasteiger partial charge < -0.3 is 25.2 Å². The maximum Gasteiger partial charge on any atom is 0.335 e. The van der Waals surface area contributed by atoms with E-state index in [-0.39, 0.29) is 18.1 Å². The smallest absolute Gasteiger partial charge is 0.335 e. The first kappa shape index (κ1) is 24.3. The molecule has 3 aliphatic rings. The Morgan fingerprint density at radius 2 is 1.69 bits per heavy atom. The number of rotatable bonds is 3. The largest absolute Gasteiger partial charge is 0.399 e. The number of likely N-dealkylation sites (N-methyl/N-ethyl adjacent to an activating group) is 1. The molecule has 6 rings (SSSR count). The van der Waals surface area contributed by atoms with Crippen LogP contribution in [0.1, 0.15) is 23.2 Å². The van der Waals surface area contributed by atoms with Crippen LogP contribution in [0.25, 0.3) is 16.9 Å². The lowest BCUT2D eigenvalue weighted by atomic mass is 10.2. The van der Waals surface area contributed by atoms with Gasteiger partial charge >= 0.3 is 11.6 Å². The predicted molar refractivity (Wildman–Crippen MR) is 135 cm³/mol. The lowest BCUT2D eigenvalue weighted by Crippen LogP contribution is -2.47. The van der Waals surface area contributed by atoms with E-state index in [9.17, 15) is 4.79 Å². The zero-order valence-corrected chi connectivity index (χ0v) is 20.9. The summed E-state index contributed by atoms with van der Waals surface area (Å²) in [5.74, 6) is 1.52. The van der Waals surface area contributed by atoms with E-state index in [4.69, 9.17) is 29.0 Å². The van der Waals surface area contributed by atoms with Crippen LogP contribution < -0.4 is 10.6 Å². The first-order chi connectivity index (χ1) is 17.4. The summed E-state index contributed by atoms with van der Waals surface area (Å²) >= 11 is -0.750. The third-order valence-corrected chi connectivity index (χ3v) is 6.99. The van der Waals surface area contributed by atoms with Gasteiger partial charge in [0.1, 0.15) is 5.52 Å². The molecule has 12 heteroatoms. The average molecular weight is 512 g/mol. The highest BCUT2D eigenvalue weighted by molar-refractivity contribution is 7.51. The number of anilines is 2. The monoisotopic (exact) mass is 511 g/mol. The number of nitrogen functional groups attached to an aromatic ring is 1. The highest BCUT2D eigenvalue weighted by atomic mass is 32.1. The van der Waals surface area contributed by atoms with Crippen LogP contribution in [0.2, 0.25) is 0 Å². The maximum absolute atomic E-state index is 13.3. The molecule has 0 aliphatic carbocycles. The van der Waals surface area contributed by atoms with Crippen molar-refractivity contribution in [1.29, 1.82) is 0 Å². The van der Waals surface area contributed by atoms with Crippen molar-refractivity contribution in [2.75, 3.05) is 56.9 Å². The number of fused-ring (bicyclic) bond motifs is 3. The maximum atomic E-state index is 13.3. The molecule has 190 valence electrons. The molecule has 3 aromatic rings. The van der Waals surface area contributed by atoms with Gasteiger partial charge in [-0.2, -0.15) is 8.42 Å². The molecule has 36 heavy (non-hydrogen) atoms. The fourth-order valence-electron chi connectivity index (χ4n) is 5.07. The molecule has 5 heterocycles. The molecule has 2 unspecified atom stereocenters.